The molecule has 1 aromatic heterocycles. The summed E-state index contributed by atoms with van der Waals surface area (Å²) >= 11 is 4.32. The van der Waals surface area contributed by atoms with Gasteiger partial charge in [-0.05, 0) is 62.1 Å². The first-order valence-corrected chi connectivity index (χ1v) is 14.2. The van der Waals surface area contributed by atoms with Gasteiger partial charge >= 0.3 is 6.03 Å². The lowest BCUT2D eigenvalue weighted by molar-refractivity contribution is 0.0985. The second kappa shape index (κ2) is 14.5. The number of benzene rings is 2. The Morgan fingerprint density at radius 3 is 2.58 bits per heavy atom. The highest BCUT2D eigenvalue weighted by atomic mass is 32.1. The van der Waals surface area contributed by atoms with Crippen LogP contribution in [0.5, 0.6) is 0 Å². The van der Waals surface area contributed by atoms with E-state index in [1.54, 1.807) is 22.8 Å². The number of aromatic nitrogens is 2. The number of rotatable bonds is 4. The highest BCUT2D eigenvalue weighted by Crippen LogP contribution is 2.36. The summed E-state index contributed by atoms with van der Waals surface area (Å²) < 4.78 is 1.79. The second-order valence-corrected chi connectivity index (χ2v) is 9.80. The van der Waals surface area contributed by atoms with Crippen LogP contribution in [0.15, 0.2) is 48.7 Å². The van der Waals surface area contributed by atoms with E-state index in [2.05, 4.69) is 40.2 Å². The van der Waals surface area contributed by atoms with Crippen LogP contribution in [-0.2, 0) is 20.1 Å². The summed E-state index contributed by atoms with van der Waals surface area (Å²) in [5, 5.41) is 13.4. The Hall–Kier alpha value is -3.92. The number of aryl methyl sites for hydroxylation is 2. The highest BCUT2D eigenvalue weighted by Gasteiger charge is 2.27. The summed E-state index contributed by atoms with van der Waals surface area (Å²) in [5.41, 5.74) is 6.71. The molecule has 0 aliphatic carbocycles. The number of nitrogens with one attached hydrogen (secondary N) is 3. The minimum atomic E-state index is -0.0736. The van der Waals surface area contributed by atoms with Gasteiger partial charge in [-0.2, -0.15) is 5.10 Å². The molecule has 3 heterocycles. The van der Waals surface area contributed by atoms with E-state index in [9.17, 15) is 9.59 Å². The van der Waals surface area contributed by atoms with E-state index in [0.29, 0.717) is 18.7 Å². The molecule has 1 saturated heterocycles. The second-order valence-electron chi connectivity index (χ2n) is 9.57. The Balaban J connectivity index is 0.000000677. The van der Waals surface area contributed by atoms with Gasteiger partial charge in [0.05, 0.1) is 29.6 Å². The zero-order chi connectivity index (χ0) is 29.2. The molecule has 2 aliphatic heterocycles. The number of carbonyl (C=O) groups excluding carboxylic acids is 2. The predicted octanol–water partition coefficient (Wildman–Crippen LogP) is 5.52. The zero-order valence-corrected chi connectivity index (χ0v) is 25.1. The third-order valence-electron chi connectivity index (χ3n) is 6.99. The summed E-state index contributed by atoms with van der Waals surface area (Å²) in [6.45, 7) is 9.75. The van der Waals surface area contributed by atoms with Crippen molar-refractivity contribution >= 4 is 46.8 Å². The van der Waals surface area contributed by atoms with Crippen molar-refractivity contribution in [3.8, 4) is 0 Å². The van der Waals surface area contributed by atoms with Gasteiger partial charge in [-0.1, -0.05) is 44.3 Å². The summed E-state index contributed by atoms with van der Waals surface area (Å²) in [5.74, 6) is 0.813. The lowest BCUT2D eigenvalue weighted by Crippen LogP contribution is -2.41. The number of fused-ring (bicyclic) bond motifs is 2. The van der Waals surface area contributed by atoms with Gasteiger partial charge in [0.1, 0.15) is 5.82 Å². The first kappa shape index (κ1) is 30.6. The summed E-state index contributed by atoms with van der Waals surface area (Å²) in [6, 6.07) is 13.8. The van der Waals surface area contributed by atoms with Crippen molar-refractivity contribution in [1.82, 2.24) is 25.3 Å². The molecule has 1 unspecified atom stereocenters. The number of nitrogens with zero attached hydrogens (tertiary/aromatic N) is 4. The summed E-state index contributed by atoms with van der Waals surface area (Å²) in [6.07, 6.45) is 3.91. The molecule has 0 bridgehead atoms. The number of hydrogen-bond donors (Lipinski definition) is 3. The van der Waals surface area contributed by atoms with Gasteiger partial charge in [0.15, 0.2) is 0 Å². The first-order valence-electron chi connectivity index (χ1n) is 13.8. The average molecular weight is 564 g/mol. The molecular formula is C30H41N7O2S. The third kappa shape index (κ3) is 6.98. The van der Waals surface area contributed by atoms with Crippen LogP contribution in [0.3, 0.4) is 0 Å². The standard InChI is InChI=1S/C26H30N6O2.C2H5NS.C2H6/c1-17-13-19(10-11-20(17)14-27-26(34)31-12-6-7-18(31)2)25(33)32-16-21-15-28-30(3)24(21)29-22-8-4-5-9-23(22)32;1-3-2-4;1-2/h4-5,8-11,13,15,18,29H,6-7,12,14,16H2,1-3H3,(H,27,34);2H,1H3,(H,3,4);1-2H3. The molecule has 3 N–H and O–H groups in total. The van der Waals surface area contributed by atoms with E-state index in [4.69, 9.17) is 0 Å². The van der Waals surface area contributed by atoms with Crippen molar-refractivity contribution < 1.29 is 9.59 Å². The minimum absolute atomic E-state index is 0.0227. The molecule has 1 fully saturated rings. The van der Waals surface area contributed by atoms with Crippen molar-refractivity contribution in [1.29, 1.82) is 0 Å². The maximum atomic E-state index is 13.7. The van der Waals surface area contributed by atoms with Crippen molar-refractivity contribution in [3.63, 3.8) is 0 Å². The largest absolute Gasteiger partial charge is 0.385 e. The number of likely N-dealkylation sites (tertiary alicyclic amines) is 1. The van der Waals surface area contributed by atoms with Gasteiger partial charge in [-0.3, -0.25) is 9.48 Å². The van der Waals surface area contributed by atoms with Gasteiger partial charge < -0.3 is 25.8 Å². The molecule has 3 aromatic rings. The fourth-order valence-corrected chi connectivity index (χ4v) is 4.83. The van der Waals surface area contributed by atoms with E-state index in [1.807, 2.05) is 75.2 Å². The molecule has 9 nitrogen and oxygen atoms in total. The van der Waals surface area contributed by atoms with E-state index < -0.39 is 0 Å². The molecule has 214 valence electrons. The van der Waals surface area contributed by atoms with Crippen LogP contribution < -0.4 is 20.9 Å². The van der Waals surface area contributed by atoms with Crippen LogP contribution in [0.25, 0.3) is 0 Å². The number of carbonyl (C=O) groups is 2. The van der Waals surface area contributed by atoms with Crippen molar-refractivity contribution in [2.75, 3.05) is 23.8 Å². The van der Waals surface area contributed by atoms with Crippen LogP contribution >= 0.6 is 12.2 Å². The van der Waals surface area contributed by atoms with Crippen molar-refractivity contribution in [2.45, 2.75) is 59.7 Å². The molecule has 1 atom stereocenters. The number of urea groups is 1. The maximum Gasteiger partial charge on any atom is 0.317 e. The molecule has 2 aromatic carbocycles. The lowest BCUT2D eigenvalue weighted by atomic mass is 10.0. The van der Waals surface area contributed by atoms with Gasteiger partial charge in [-0.15, -0.1) is 0 Å². The Morgan fingerprint density at radius 2 is 1.93 bits per heavy atom. The van der Waals surface area contributed by atoms with E-state index >= 15 is 0 Å². The van der Waals surface area contributed by atoms with E-state index in [1.165, 1.54) is 5.49 Å². The molecule has 40 heavy (non-hydrogen) atoms. The van der Waals surface area contributed by atoms with Crippen LogP contribution in [0, 0.1) is 6.92 Å². The monoisotopic (exact) mass is 563 g/mol. The molecule has 0 radical (unpaired) electrons. The SMILES string of the molecule is CC.CNC=S.Cc1cc(C(=O)N2Cc3cnn(C)c3Nc3ccccc32)ccc1CNC(=O)N1CCCC1C. The number of amides is 3. The van der Waals surface area contributed by atoms with Crippen LogP contribution in [0.4, 0.5) is 22.0 Å². The maximum absolute atomic E-state index is 13.7. The van der Waals surface area contributed by atoms with Gasteiger partial charge in [0.25, 0.3) is 5.91 Å². The molecule has 0 spiro atoms. The molecular weight excluding hydrogens is 522 g/mol. The molecule has 2 aliphatic rings. The molecule has 10 heteroatoms. The fourth-order valence-electron chi connectivity index (χ4n) is 4.83. The number of para-hydroxylation sites is 2. The van der Waals surface area contributed by atoms with Crippen LogP contribution in [0.2, 0.25) is 0 Å². The van der Waals surface area contributed by atoms with Gasteiger partial charge in [-0.25, -0.2) is 4.79 Å². The van der Waals surface area contributed by atoms with E-state index in [-0.39, 0.29) is 18.0 Å². The summed E-state index contributed by atoms with van der Waals surface area (Å²) in [4.78, 5) is 29.9. The Labute approximate surface area is 242 Å². The normalized spacial score (nSPS) is 15.1. The average Bonchev–Trinajstić information content (AvgIpc) is 3.51. The van der Waals surface area contributed by atoms with Crippen LogP contribution in [0.1, 0.15) is 60.7 Å². The van der Waals surface area contributed by atoms with Crippen molar-refractivity contribution in [3.05, 3.63) is 70.9 Å². The molecule has 5 rings (SSSR count). The van der Waals surface area contributed by atoms with Gasteiger partial charge in [0.2, 0.25) is 0 Å². The zero-order valence-electron chi connectivity index (χ0n) is 24.3. The Kier molecular flexibility index (Phi) is 11.1. The van der Waals surface area contributed by atoms with Gasteiger partial charge in [0, 0.05) is 44.4 Å². The predicted molar refractivity (Wildman–Crippen MR) is 166 cm³/mol. The molecule has 0 saturated carbocycles. The Bertz CT molecular complexity index is 1320. The quantitative estimate of drug-likeness (QED) is 0.362. The van der Waals surface area contributed by atoms with Crippen LogP contribution in [-0.4, -0.2) is 51.7 Å². The first-order chi connectivity index (χ1) is 19.3. The van der Waals surface area contributed by atoms with Crippen molar-refractivity contribution in [2.24, 2.45) is 7.05 Å². The number of anilines is 3. The number of thiocarbonyl (C=S) groups is 1. The topological polar surface area (TPSA) is 94.5 Å². The third-order valence-corrected chi connectivity index (χ3v) is 7.22. The lowest BCUT2D eigenvalue weighted by Gasteiger charge is -2.23. The highest BCUT2D eigenvalue weighted by molar-refractivity contribution is 7.78. The minimum Gasteiger partial charge on any atom is -0.385 e. The smallest absolute Gasteiger partial charge is 0.317 e. The molecule has 3 amide bonds. The fraction of sp³-hybridized carbons (Fsp3) is 0.400. The number of hydrogen-bond acceptors (Lipinski definition) is 5. The van der Waals surface area contributed by atoms with E-state index in [0.717, 1.165) is 53.3 Å². The Morgan fingerprint density at radius 1 is 1.20 bits per heavy atom. The summed E-state index contributed by atoms with van der Waals surface area (Å²) in [7, 11) is 3.66.